The summed E-state index contributed by atoms with van der Waals surface area (Å²) in [6.07, 6.45) is 2.84. The molecule has 0 aliphatic carbocycles. The first-order valence-electron chi connectivity index (χ1n) is 7.22. The Hall–Kier alpha value is -2.55. The number of carboxylic acid groups (broad SMARTS) is 1. The average molecular weight is 296 g/mol. The molecule has 0 bridgehead atoms. The van der Waals surface area contributed by atoms with Crippen LogP contribution in [0.3, 0.4) is 0 Å². The minimum absolute atomic E-state index is 0.744. The van der Waals surface area contributed by atoms with Gasteiger partial charge in [0.05, 0.1) is 7.11 Å². The van der Waals surface area contributed by atoms with Gasteiger partial charge < -0.3 is 9.84 Å². The molecule has 0 fully saturated rings. The molecule has 0 atom stereocenters. The zero-order valence-electron chi connectivity index (χ0n) is 12.9. The van der Waals surface area contributed by atoms with Gasteiger partial charge in [0, 0.05) is 6.08 Å². The molecular formula is C19H20O3. The second-order valence-electron chi connectivity index (χ2n) is 5.26. The van der Waals surface area contributed by atoms with Crippen LogP contribution in [0.15, 0.2) is 60.2 Å². The van der Waals surface area contributed by atoms with Crippen LogP contribution in [-0.4, -0.2) is 18.2 Å². The Labute approximate surface area is 130 Å². The topological polar surface area (TPSA) is 46.5 Å². The number of hydrogen-bond acceptors (Lipinski definition) is 2. The second-order valence-corrected chi connectivity index (χ2v) is 5.26. The third-order valence-corrected chi connectivity index (χ3v) is 3.51. The number of aliphatic carboxylic acids is 1. The number of hydrogen-bond donors (Lipinski definition) is 1. The van der Waals surface area contributed by atoms with E-state index in [2.05, 4.69) is 24.3 Å². The van der Waals surface area contributed by atoms with E-state index in [-0.39, 0.29) is 0 Å². The first-order chi connectivity index (χ1) is 10.6. The number of aryl methyl sites for hydroxylation is 1. The monoisotopic (exact) mass is 296 g/mol. The molecule has 0 heterocycles. The van der Waals surface area contributed by atoms with E-state index in [4.69, 9.17) is 9.84 Å². The van der Waals surface area contributed by atoms with Crippen molar-refractivity contribution in [3.05, 3.63) is 65.7 Å². The van der Waals surface area contributed by atoms with Crippen molar-refractivity contribution in [1.82, 2.24) is 0 Å². The highest BCUT2D eigenvalue weighted by Gasteiger charge is 2.02. The van der Waals surface area contributed by atoms with E-state index in [1.807, 2.05) is 31.2 Å². The van der Waals surface area contributed by atoms with E-state index in [1.54, 1.807) is 7.11 Å². The van der Waals surface area contributed by atoms with Crippen LogP contribution in [0.4, 0.5) is 0 Å². The van der Waals surface area contributed by atoms with Gasteiger partial charge in [-0.05, 0) is 48.6 Å². The van der Waals surface area contributed by atoms with E-state index in [0.717, 1.165) is 35.3 Å². The lowest BCUT2D eigenvalue weighted by Gasteiger charge is -2.07. The third kappa shape index (κ3) is 4.48. The molecule has 22 heavy (non-hydrogen) atoms. The normalized spacial score (nSPS) is 11.3. The molecule has 3 nitrogen and oxygen atoms in total. The minimum atomic E-state index is -0.886. The molecule has 0 aliphatic heterocycles. The van der Waals surface area contributed by atoms with E-state index >= 15 is 0 Å². The van der Waals surface area contributed by atoms with Crippen LogP contribution in [0.2, 0.25) is 0 Å². The first kappa shape index (κ1) is 15.8. The molecular weight excluding hydrogens is 276 g/mol. The van der Waals surface area contributed by atoms with Crippen molar-refractivity contribution in [1.29, 1.82) is 0 Å². The van der Waals surface area contributed by atoms with Crippen LogP contribution in [0.5, 0.6) is 5.75 Å². The summed E-state index contributed by atoms with van der Waals surface area (Å²) in [5, 5.41) is 8.74. The van der Waals surface area contributed by atoms with Gasteiger partial charge in [0.2, 0.25) is 0 Å². The molecule has 0 saturated heterocycles. The van der Waals surface area contributed by atoms with Crippen molar-refractivity contribution in [2.24, 2.45) is 0 Å². The molecule has 2 aromatic carbocycles. The summed E-state index contributed by atoms with van der Waals surface area (Å²) in [7, 11) is 1.66. The highest BCUT2D eigenvalue weighted by molar-refractivity contribution is 5.80. The molecule has 2 aromatic rings. The predicted molar refractivity (Wildman–Crippen MR) is 88.1 cm³/mol. The molecule has 0 aliphatic rings. The van der Waals surface area contributed by atoms with Crippen molar-refractivity contribution < 1.29 is 14.6 Å². The Morgan fingerprint density at radius 2 is 1.82 bits per heavy atom. The van der Waals surface area contributed by atoms with Gasteiger partial charge >= 0.3 is 5.97 Å². The first-order valence-corrected chi connectivity index (χ1v) is 7.22. The predicted octanol–water partition coefficient (Wildman–Crippen LogP) is 4.33. The highest BCUT2D eigenvalue weighted by Crippen LogP contribution is 2.25. The van der Waals surface area contributed by atoms with E-state index in [9.17, 15) is 4.79 Å². The Kier molecular flexibility index (Phi) is 5.37. The number of allylic oxidation sites excluding steroid dienone is 1. The largest absolute Gasteiger partial charge is 0.497 e. The Morgan fingerprint density at radius 3 is 2.50 bits per heavy atom. The highest BCUT2D eigenvalue weighted by atomic mass is 16.5. The summed E-state index contributed by atoms with van der Waals surface area (Å²) < 4.78 is 5.26. The Balaban J connectivity index is 2.14. The number of benzene rings is 2. The van der Waals surface area contributed by atoms with Crippen molar-refractivity contribution in [3.63, 3.8) is 0 Å². The van der Waals surface area contributed by atoms with Gasteiger partial charge in [-0.1, -0.05) is 42.0 Å². The molecule has 0 aromatic heterocycles. The third-order valence-electron chi connectivity index (χ3n) is 3.51. The van der Waals surface area contributed by atoms with Gasteiger partial charge in [0.25, 0.3) is 0 Å². The SMILES string of the molecule is COc1cccc(-c2cccc(CC/C(C)=C/C(=O)O)c2)c1. The quantitative estimate of drug-likeness (QED) is 0.807. The molecule has 0 radical (unpaired) electrons. The van der Waals surface area contributed by atoms with Crippen molar-refractivity contribution in [2.45, 2.75) is 19.8 Å². The maximum atomic E-state index is 10.6. The zero-order valence-corrected chi connectivity index (χ0v) is 12.9. The van der Waals surface area contributed by atoms with Gasteiger partial charge in [0.15, 0.2) is 0 Å². The molecule has 3 heteroatoms. The fraction of sp³-hybridized carbons (Fsp3) is 0.211. The summed E-state index contributed by atoms with van der Waals surface area (Å²) in [6.45, 7) is 1.85. The van der Waals surface area contributed by atoms with Gasteiger partial charge in [-0.2, -0.15) is 0 Å². The summed E-state index contributed by atoms with van der Waals surface area (Å²) in [5.74, 6) is -0.0502. The maximum absolute atomic E-state index is 10.6. The molecule has 0 unspecified atom stereocenters. The zero-order chi connectivity index (χ0) is 15.9. The smallest absolute Gasteiger partial charge is 0.328 e. The van der Waals surface area contributed by atoms with Crippen LogP contribution in [0, 0.1) is 0 Å². The lowest BCUT2D eigenvalue weighted by atomic mass is 9.99. The minimum Gasteiger partial charge on any atom is -0.497 e. The molecule has 0 spiro atoms. The van der Waals surface area contributed by atoms with Gasteiger partial charge in [-0.25, -0.2) is 4.79 Å². The molecule has 0 saturated carbocycles. The van der Waals surface area contributed by atoms with Crippen molar-refractivity contribution in [2.75, 3.05) is 7.11 Å². The lowest BCUT2D eigenvalue weighted by Crippen LogP contribution is -1.93. The second kappa shape index (κ2) is 7.46. The summed E-state index contributed by atoms with van der Waals surface area (Å²) in [6, 6.07) is 16.3. The van der Waals surface area contributed by atoms with Gasteiger partial charge in [0.1, 0.15) is 5.75 Å². The maximum Gasteiger partial charge on any atom is 0.328 e. The number of carboxylic acids is 1. The van der Waals surface area contributed by atoms with Gasteiger partial charge in [-0.3, -0.25) is 0 Å². The number of methoxy groups -OCH3 is 1. The van der Waals surface area contributed by atoms with Crippen LogP contribution >= 0.6 is 0 Å². The van der Waals surface area contributed by atoms with E-state index in [1.165, 1.54) is 11.6 Å². The van der Waals surface area contributed by atoms with Crippen molar-refractivity contribution >= 4 is 5.97 Å². The molecule has 1 N–H and O–H groups in total. The average Bonchev–Trinajstić information content (AvgIpc) is 2.53. The van der Waals surface area contributed by atoms with E-state index in [0.29, 0.717) is 0 Å². The van der Waals surface area contributed by atoms with Crippen molar-refractivity contribution in [3.8, 4) is 16.9 Å². The van der Waals surface area contributed by atoms with Crippen LogP contribution in [-0.2, 0) is 11.2 Å². The summed E-state index contributed by atoms with van der Waals surface area (Å²) in [4.78, 5) is 10.6. The number of ether oxygens (including phenoxy) is 1. The number of carbonyl (C=O) groups is 1. The standard InChI is InChI=1S/C19H20O3/c1-14(11-19(20)21)9-10-15-5-3-6-16(12-15)17-7-4-8-18(13-17)22-2/h3-8,11-13H,9-10H2,1-2H3,(H,20,21)/b14-11+. The summed E-state index contributed by atoms with van der Waals surface area (Å²) >= 11 is 0. The molecule has 2 rings (SSSR count). The fourth-order valence-electron chi connectivity index (χ4n) is 2.33. The Bertz CT molecular complexity index is 687. The van der Waals surface area contributed by atoms with E-state index < -0.39 is 5.97 Å². The van der Waals surface area contributed by atoms with Gasteiger partial charge in [-0.15, -0.1) is 0 Å². The fourth-order valence-corrected chi connectivity index (χ4v) is 2.33. The number of rotatable bonds is 6. The molecule has 114 valence electrons. The molecule has 0 amide bonds. The van der Waals surface area contributed by atoms with Crippen LogP contribution in [0.25, 0.3) is 11.1 Å². The van der Waals surface area contributed by atoms with Crippen LogP contribution in [0.1, 0.15) is 18.9 Å². The Morgan fingerprint density at radius 1 is 1.14 bits per heavy atom. The lowest BCUT2D eigenvalue weighted by molar-refractivity contribution is -0.131. The van der Waals surface area contributed by atoms with Crippen LogP contribution < -0.4 is 4.74 Å². The summed E-state index contributed by atoms with van der Waals surface area (Å²) in [5.41, 5.74) is 4.31.